The molecule has 0 fully saturated rings. The number of hydrogen-bond acceptors (Lipinski definition) is 3. The fraction of sp³-hybridized carbons (Fsp3) is 0.529. The minimum atomic E-state index is -0.493. The minimum Gasteiger partial charge on any atom is -0.368 e. The van der Waals surface area contributed by atoms with Gasteiger partial charge in [-0.05, 0) is 31.5 Å². The van der Waals surface area contributed by atoms with Crippen molar-refractivity contribution in [2.45, 2.75) is 39.2 Å². The Labute approximate surface area is 145 Å². The summed E-state index contributed by atoms with van der Waals surface area (Å²) in [6.07, 6.45) is 2.49. The summed E-state index contributed by atoms with van der Waals surface area (Å²) < 4.78 is 0. The maximum Gasteiger partial charge on any atom is 0.237 e. The fourth-order valence-corrected chi connectivity index (χ4v) is 2.42. The van der Waals surface area contributed by atoms with E-state index in [4.69, 9.17) is 5.73 Å². The number of aryl methyl sites for hydroxylation is 1. The number of carbonyl (C=O) groups is 2. The molecular formula is C17H28ClN3O2. The van der Waals surface area contributed by atoms with Crippen LogP contribution in [0, 0.1) is 0 Å². The number of hydrogen-bond donors (Lipinski definition) is 2. The molecule has 1 aromatic carbocycles. The van der Waals surface area contributed by atoms with E-state index >= 15 is 0 Å². The van der Waals surface area contributed by atoms with Crippen molar-refractivity contribution in [1.82, 2.24) is 10.2 Å². The van der Waals surface area contributed by atoms with Gasteiger partial charge in [0.25, 0.3) is 0 Å². The number of amides is 2. The van der Waals surface area contributed by atoms with E-state index in [1.165, 1.54) is 5.56 Å². The first kappa shape index (κ1) is 21.4. The van der Waals surface area contributed by atoms with E-state index in [2.05, 4.69) is 24.4 Å². The molecule has 0 radical (unpaired) electrons. The van der Waals surface area contributed by atoms with Crippen LogP contribution in [0.25, 0.3) is 0 Å². The van der Waals surface area contributed by atoms with Crippen molar-refractivity contribution in [2.75, 3.05) is 20.1 Å². The lowest BCUT2D eigenvalue weighted by atomic mass is 10.0. The third kappa shape index (κ3) is 7.01. The largest absolute Gasteiger partial charge is 0.368 e. The SMILES string of the molecule is CCCc1ccc(C(C)N(CC(N)=O)C(=O)CCNC)cc1.Cl. The highest BCUT2D eigenvalue weighted by Crippen LogP contribution is 2.21. The lowest BCUT2D eigenvalue weighted by Crippen LogP contribution is -2.41. The van der Waals surface area contributed by atoms with Crippen molar-refractivity contribution in [3.63, 3.8) is 0 Å². The van der Waals surface area contributed by atoms with Crippen LogP contribution in [0.1, 0.15) is 43.9 Å². The molecular weight excluding hydrogens is 314 g/mol. The van der Waals surface area contributed by atoms with Gasteiger partial charge in [-0.2, -0.15) is 0 Å². The van der Waals surface area contributed by atoms with Gasteiger partial charge in [0.1, 0.15) is 0 Å². The summed E-state index contributed by atoms with van der Waals surface area (Å²) in [4.78, 5) is 25.1. The second-order valence-corrected chi connectivity index (χ2v) is 5.51. The van der Waals surface area contributed by atoms with E-state index in [1.54, 1.807) is 11.9 Å². The fourth-order valence-electron chi connectivity index (χ4n) is 2.42. The van der Waals surface area contributed by atoms with Crippen LogP contribution in [0.2, 0.25) is 0 Å². The molecule has 0 heterocycles. The molecule has 0 aliphatic rings. The van der Waals surface area contributed by atoms with Gasteiger partial charge in [-0.1, -0.05) is 37.6 Å². The number of nitrogens with one attached hydrogen (secondary N) is 1. The quantitative estimate of drug-likeness (QED) is 0.721. The maximum absolute atomic E-state index is 12.3. The third-order valence-corrected chi connectivity index (χ3v) is 3.70. The average Bonchev–Trinajstić information content (AvgIpc) is 2.50. The van der Waals surface area contributed by atoms with Crippen LogP contribution in [-0.2, 0) is 16.0 Å². The number of halogens is 1. The van der Waals surface area contributed by atoms with Gasteiger partial charge in [0.2, 0.25) is 11.8 Å². The molecule has 0 aliphatic carbocycles. The number of rotatable bonds is 9. The Kier molecular flexibility index (Phi) is 10.3. The van der Waals surface area contributed by atoms with Crippen molar-refractivity contribution in [2.24, 2.45) is 5.73 Å². The summed E-state index contributed by atoms with van der Waals surface area (Å²) in [7, 11) is 1.79. The molecule has 0 saturated heterocycles. The van der Waals surface area contributed by atoms with Crippen molar-refractivity contribution >= 4 is 24.2 Å². The predicted molar refractivity (Wildman–Crippen MR) is 95.6 cm³/mol. The summed E-state index contributed by atoms with van der Waals surface area (Å²) in [6, 6.07) is 8.03. The minimum absolute atomic E-state index is 0. The van der Waals surface area contributed by atoms with Crippen LogP contribution in [0.4, 0.5) is 0 Å². The molecule has 5 nitrogen and oxygen atoms in total. The molecule has 0 saturated carbocycles. The lowest BCUT2D eigenvalue weighted by Gasteiger charge is -2.28. The van der Waals surface area contributed by atoms with Gasteiger partial charge in [0.15, 0.2) is 0 Å². The monoisotopic (exact) mass is 341 g/mol. The van der Waals surface area contributed by atoms with Crippen LogP contribution in [-0.4, -0.2) is 36.9 Å². The normalized spacial score (nSPS) is 11.4. The second-order valence-electron chi connectivity index (χ2n) is 5.51. The van der Waals surface area contributed by atoms with E-state index in [9.17, 15) is 9.59 Å². The number of nitrogens with two attached hydrogens (primary N) is 1. The topological polar surface area (TPSA) is 75.4 Å². The number of nitrogens with zero attached hydrogens (tertiary/aromatic N) is 1. The van der Waals surface area contributed by atoms with E-state index in [0.717, 1.165) is 18.4 Å². The average molecular weight is 342 g/mol. The Hall–Kier alpha value is -1.59. The van der Waals surface area contributed by atoms with Crippen molar-refractivity contribution in [1.29, 1.82) is 0 Å². The molecule has 6 heteroatoms. The Balaban J connectivity index is 0.00000484. The highest BCUT2D eigenvalue weighted by Gasteiger charge is 2.22. The maximum atomic E-state index is 12.3. The van der Waals surface area contributed by atoms with Gasteiger partial charge in [0, 0.05) is 13.0 Å². The predicted octanol–water partition coefficient (Wildman–Crippen LogP) is 2.05. The standard InChI is InChI=1S/C17H27N3O2.ClH/c1-4-5-14-6-8-15(9-7-14)13(2)20(12-16(18)21)17(22)10-11-19-3;/h6-9,13,19H,4-5,10-12H2,1-3H3,(H2,18,21);1H. The first-order valence-corrected chi connectivity index (χ1v) is 7.80. The Bertz CT molecular complexity index is 491. The number of benzene rings is 1. The van der Waals surface area contributed by atoms with Gasteiger partial charge < -0.3 is 16.0 Å². The molecule has 2 amide bonds. The molecule has 130 valence electrons. The van der Waals surface area contributed by atoms with Crippen molar-refractivity contribution in [3.05, 3.63) is 35.4 Å². The van der Waals surface area contributed by atoms with E-state index in [0.29, 0.717) is 13.0 Å². The van der Waals surface area contributed by atoms with E-state index < -0.39 is 5.91 Å². The van der Waals surface area contributed by atoms with Gasteiger partial charge in [-0.15, -0.1) is 12.4 Å². The number of primary amides is 1. The summed E-state index contributed by atoms with van der Waals surface area (Å²) in [5.74, 6) is -0.564. The zero-order valence-electron chi connectivity index (χ0n) is 14.2. The van der Waals surface area contributed by atoms with E-state index in [1.807, 2.05) is 19.1 Å². The van der Waals surface area contributed by atoms with Gasteiger partial charge in [-0.3, -0.25) is 9.59 Å². The Morgan fingerprint density at radius 3 is 2.35 bits per heavy atom. The molecule has 1 unspecified atom stereocenters. The van der Waals surface area contributed by atoms with Crippen LogP contribution in [0.3, 0.4) is 0 Å². The Morgan fingerprint density at radius 2 is 1.87 bits per heavy atom. The van der Waals surface area contributed by atoms with Gasteiger partial charge in [-0.25, -0.2) is 0 Å². The first-order chi connectivity index (χ1) is 10.5. The molecule has 0 bridgehead atoms. The van der Waals surface area contributed by atoms with Crippen LogP contribution in [0.5, 0.6) is 0 Å². The third-order valence-electron chi connectivity index (χ3n) is 3.70. The molecule has 0 aromatic heterocycles. The van der Waals surface area contributed by atoms with Crippen molar-refractivity contribution in [3.8, 4) is 0 Å². The molecule has 1 aromatic rings. The van der Waals surface area contributed by atoms with Crippen LogP contribution in [0.15, 0.2) is 24.3 Å². The summed E-state index contributed by atoms with van der Waals surface area (Å²) >= 11 is 0. The molecule has 0 aliphatic heterocycles. The molecule has 3 N–H and O–H groups in total. The lowest BCUT2D eigenvalue weighted by molar-refractivity contribution is -0.137. The molecule has 23 heavy (non-hydrogen) atoms. The second kappa shape index (κ2) is 11.0. The number of carbonyl (C=O) groups excluding carboxylic acids is 2. The zero-order valence-corrected chi connectivity index (χ0v) is 15.0. The smallest absolute Gasteiger partial charge is 0.237 e. The first-order valence-electron chi connectivity index (χ1n) is 7.80. The summed E-state index contributed by atoms with van der Waals surface area (Å²) in [5, 5.41) is 2.94. The van der Waals surface area contributed by atoms with Gasteiger partial charge in [0.05, 0.1) is 12.6 Å². The Morgan fingerprint density at radius 1 is 1.26 bits per heavy atom. The molecule has 0 spiro atoms. The highest BCUT2D eigenvalue weighted by molar-refractivity contribution is 5.85. The molecule has 1 atom stereocenters. The van der Waals surface area contributed by atoms with Crippen LogP contribution < -0.4 is 11.1 Å². The van der Waals surface area contributed by atoms with Crippen LogP contribution >= 0.6 is 12.4 Å². The molecule has 1 rings (SSSR count). The van der Waals surface area contributed by atoms with Gasteiger partial charge >= 0.3 is 0 Å². The van der Waals surface area contributed by atoms with Crippen molar-refractivity contribution < 1.29 is 9.59 Å². The highest BCUT2D eigenvalue weighted by atomic mass is 35.5. The summed E-state index contributed by atoms with van der Waals surface area (Å²) in [6.45, 7) is 4.59. The zero-order chi connectivity index (χ0) is 16.5. The van der Waals surface area contributed by atoms with E-state index in [-0.39, 0.29) is 30.9 Å². The summed E-state index contributed by atoms with van der Waals surface area (Å²) in [5.41, 5.74) is 7.58.